The Balaban J connectivity index is 1.12. The van der Waals surface area contributed by atoms with E-state index >= 15 is 0 Å². The summed E-state index contributed by atoms with van der Waals surface area (Å²) >= 11 is 0. The second-order valence-electron chi connectivity index (χ2n) is 14.1. The van der Waals surface area contributed by atoms with Crippen molar-refractivity contribution in [3.63, 3.8) is 0 Å². The van der Waals surface area contributed by atoms with Crippen LogP contribution < -0.4 is 0 Å². The summed E-state index contributed by atoms with van der Waals surface area (Å²) in [7, 11) is 0. The molecule has 9 atom stereocenters. The Labute approximate surface area is 218 Å². The number of nitrogens with zero attached hydrogens (tertiary/aromatic N) is 2. The van der Waals surface area contributed by atoms with E-state index in [1.165, 1.54) is 88.3 Å². The molecule has 200 valence electrons. The summed E-state index contributed by atoms with van der Waals surface area (Å²) in [4.78, 5) is 0. The van der Waals surface area contributed by atoms with Crippen molar-refractivity contribution in [2.75, 3.05) is 13.2 Å². The lowest BCUT2D eigenvalue weighted by molar-refractivity contribution is -0.257. The molecule has 0 bridgehead atoms. The van der Waals surface area contributed by atoms with E-state index in [0.29, 0.717) is 5.41 Å². The van der Waals surface area contributed by atoms with Crippen molar-refractivity contribution in [2.24, 2.45) is 34.5 Å². The largest absolute Gasteiger partial charge is 0.357 e. The van der Waals surface area contributed by atoms with E-state index in [-0.39, 0.29) is 23.5 Å². The monoisotopic (exact) mass is 496 g/mol. The van der Waals surface area contributed by atoms with Crippen LogP contribution in [0, 0.1) is 34.5 Å². The Bertz CT molecular complexity index is 965. The van der Waals surface area contributed by atoms with Gasteiger partial charge in [-0.05, 0) is 137 Å². The number of fused-ring (bicyclic) bond motifs is 6. The van der Waals surface area contributed by atoms with Crippen LogP contribution in [0.2, 0.25) is 0 Å². The van der Waals surface area contributed by atoms with Crippen molar-refractivity contribution in [1.82, 2.24) is 9.78 Å². The summed E-state index contributed by atoms with van der Waals surface area (Å²) in [5, 5.41) is 4.92. The van der Waals surface area contributed by atoms with E-state index < -0.39 is 0 Å². The molecule has 0 N–H and O–H groups in total. The van der Waals surface area contributed by atoms with Crippen LogP contribution in [0.3, 0.4) is 0 Å². The van der Waals surface area contributed by atoms with Crippen LogP contribution in [0.5, 0.6) is 0 Å². The minimum absolute atomic E-state index is 0.0201. The van der Waals surface area contributed by atoms with Crippen LogP contribution in [0.15, 0.2) is 6.20 Å². The third-order valence-corrected chi connectivity index (χ3v) is 12.5. The number of hydrogen-bond acceptors (Lipinski definition) is 4. The molecule has 2 aliphatic heterocycles. The molecule has 5 nitrogen and oxygen atoms in total. The quantitative estimate of drug-likeness (QED) is 0.459. The van der Waals surface area contributed by atoms with Crippen LogP contribution in [0.1, 0.15) is 115 Å². The average Bonchev–Trinajstić information content (AvgIpc) is 3.41. The predicted octanol–water partition coefficient (Wildman–Crippen LogP) is 6.84. The van der Waals surface area contributed by atoms with E-state index in [1.807, 2.05) is 0 Å². The fourth-order valence-electron chi connectivity index (χ4n) is 10.3. The molecule has 1 aromatic heterocycles. The molecule has 6 aliphatic rings. The molecule has 0 spiro atoms. The van der Waals surface area contributed by atoms with Gasteiger partial charge in [-0.25, -0.2) is 4.68 Å². The van der Waals surface area contributed by atoms with Gasteiger partial charge in [-0.2, -0.15) is 5.10 Å². The van der Waals surface area contributed by atoms with Crippen LogP contribution in [0.25, 0.3) is 0 Å². The highest BCUT2D eigenvalue weighted by Crippen LogP contribution is 2.68. The van der Waals surface area contributed by atoms with E-state index in [9.17, 15) is 0 Å². The normalized spacial score (nSPS) is 48.5. The molecule has 3 heterocycles. The molecule has 0 radical (unpaired) electrons. The zero-order valence-corrected chi connectivity index (χ0v) is 23.0. The molecule has 36 heavy (non-hydrogen) atoms. The minimum atomic E-state index is -0.0384. The molecule has 7 rings (SSSR count). The zero-order chi connectivity index (χ0) is 24.5. The van der Waals surface area contributed by atoms with Gasteiger partial charge in [-0.15, -0.1) is 0 Å². The first kappa shape index (κ1) is 24.2. The van der Waals surface area contributed by atoms with Crippen molar-refractivity contribution < 1.29 is 14.2 Å². The van der Waals surface area contributed by atoms with Crippen LogP contribution in [-0.4, -0.2) is 34.9 Å². The van der Waals surface area contributed by atoms with E-state index in [0.717, 1.165) is 49.7 Å². The van der Waals surface area contributed by atoms with E-state index in [1.54, 1.807) is 0 Å². The van der Waals surface area contributed by atoms with Gasteiger partial charge in [-0.3, -0.25) is 0 Å². The maximum Gasteiger partial charge on any atom is 0.158 e. The first-order valence-corrected chi connectivity index (χ1v) is 15.4. The topological polar surface area (TPSA) is 45.5 Å². The zero-order valence-electron chi connectivity index (χ0n) is 23.0. The van der Waals surface area contributed by atoms with Gasteiger partial charge in [-0.1, -0.05) is 13.8 Å². The number of rotatable bonds is 3. The fourth-order valence-corrected chi connectivity index (χ4v) is 10.3. The summed E-state index contributed by atoms with van der Waals surface area (Å²) in [6, 6.07) is 0. The lowest BCUT2D eigenvalue weighted by Crippen LogP contribution is -2.57. The van der Waals surface area contributed by atoms with Crippen molar-refractivity contribution in [3.05, 3.63) is 17.5 Å². The highest BCUT2D eigenvalue weighted by molar-refractivity contribution is 5.27. The summed E-state index contributed by atoms with van der Waals surface area (Å²) in [5.74, 6) is 3.27. The Morgan fingerprint density at radius 3 is 2.47 bits per heavy atom. The number of aromatic nitrogens is 2. The van der Waals surface area contributed by atoms with Gasteiger partial charge >= 0.3 is 0 Å². The third kappa shape index (κ3) is 3.54. The van der Waals surface area contributed by atoms with Gasteiger partial charge in [0.05, 0.1) is 11.8 Å². The molecule has 0 unspecified atom stereocenters. The van der Waals surface area contributed by atoms with Gasteiger partial charge < -0.3 is 14.2 Å². The predicted molar refractivity (Wildman–Crippen MR) is 139 cm³/mol. The van der Waals surface area contributed by atoms with Gasteiger partial charge in [0.15, 0.2) is 6.29 Å². The summed E-state index contributed by atoms with van der Waals surface area (Å²) in [5.41, 5.74) is 3.67. The SMILES string of the molecule is C[C@]12Cc3cnn([C@@H]4CCCCO4)c3C[C@@H]1CC[C@@H]1[C@@H]2CC[C@@]2(C)[C@H]1CC[C@]2(C)O[C@H]1CCCCO1. The Kier molecular flexibility index (Phi) is 5.91. The average molecular weight is 497 g/mol. The standard InChI is InChI=1S/C31H48N2O3/c1-29-19-21-20-32-33(27-8-4-6-16-34-27)26(21)18-22(29)10-11-23-24(29)12-14-30(2)25(23)13-15-31(30,3)36-28-9-5-7-17-35-28/h20,22-25,27-28H,4-19H2,1-3H3/t22-,23+,24-,25-,27-,28-,29-,30-,31-/m0/s1. The molecule has 2 saturated heterocycles. The van der Waals surface area contributed by atoms with Gasteiger partial charge in [0.25, 0.3) is 0 Å². The summed E-state index contributed by atoms with van der Waals surface area (Å²) in [6.45, 7) is 9.45. The van der Waals surface area contributed by atoms with Crippen LogP contribution in [0.4, 0.5) is 0 Å². The first-order chi connectivity index (χ1) is 17.4. The molecule has 5 fully saturated rings. The Morgan fingerprint density at radius 1 is 0.889 bits per heavy atom. The molecule has 0 amide bonds. The van der Waals surface area contributed by atoms with Crippen LogP contribution >= 0.6 is 0 Å². The van der Waals surface area contributed by atoms with Crippen molar-refractivity contribution >= 4 is 0 Å². The molecule has 1 aromatic rings. The van der Waals surface area contributed by atoms with Crippen molar-refractivity contribution in [3.8, 4) is 0 Å². The Hall–Kier alpha value is -0.910. The van der Waals surface area contributed by atoms with Gasteiger partial charge in [0, 0.05) is 18.9 Å². The molecule has 0 aromatic carbocycles. The second-order valence-corrected chi connectivity index (χ2v) is 14.1. The fraction of sp³-hybridized carbons (Fsp3) is 0.903. The van der Waals surface area contributed by atoms with Crippen molar-refractivity contribution in [2.45, 2.75) is 129 Å². The van der Waals surface area contributed by atoms with Gasteiger partial charge in [0.1, 0.15) is 6.23 Å². The molecule has 3 saturated carbocycles. The smallest absolute Gasteiger partial charge is 0.158 e. The van der Waals surface area contributed by atoms with Gasteiger partial charge in [0.2, 0.25) is 0 Å². The second kappa shape index (κ2) is 8.81. The van der Waals surface area contributed by atoms with E-state index in [2.05, 4.69) is 31.6 Å². The lowest BCUT2D eigenvalue weighted by atomic mass is 9.44. The summed E-state index contributed by atoms with van der Waals surface area (Å²) < 4.78 is 21.4. The number of hydrogen-bond donors (Lipinski definition) is 0. The van der Waals surface area contributed by atoms with E-state index in [4.69, 9.17) is 19.3 Å². The molecular weight excluding hydrogens is 448 g/mol. The maximum absolute atomic E-state index is 6.89. The highest BCUT2D eigenvalue weighted by Gasteiger charge is 2.64. The molecular formula is C31H48N2O3. The lowest BCUT2D eigenvalue weighted by Gasteiger charge is -2.61. The molecule has 5 heteroatoms. The minimum Gasteiger partial charge on any atom is -0.357 e. The van der Waals surface area contributed by atoms with Crippen molar-refractivity contribution in [1.29, 1.82) is 0 Å². The first-order valence-electron chi connectivity index (χ1n) is 15.4. The molecule has 4 aliphatic carbocycles. The third-order valence-electron chi connectivity index (χ3n) is 12.5. The highest BCUT2D eigenvalue weighted by atomic mass is 16.7. The number of ether oxygens (including phenoxy) is 3. The summed E-state index contributed by atoms with van der Waals surface area (Å²) in [6.07, 6.45) is 19.9. The van der Waals surface area contributed by atoms with Crippen LogP contribution in [-0.2, 0) is 27.1 Å². The Morgan fingerprint density at radius 2 is 1.69 bits per heavy atom. The maximum atomic E-state index is 6.89.